The van der Waals surface area contributed by atoms with E-state index in [4.69, 9.17) is 26.1 Å². The Balaban J connectivity index is 1.36. The molecule has 1 aliphatic heterocycles. The first-order chi connectivity index (χ1) is 20.6. The number of hydrogen-bond acceptors (Lipinski definition) is 5. The lowest BCUT2D eigenvalue weighted by atomic mass is 9.83. The van der Waals surface area contributed by atoms with Crippen molar-refractivity contribution in [3.8, 4) is 11.5 Å². The van der Waals surface area contributed by atoms with Crippen molar-refractivity contribution in [1.29, 1.82) is 0 Å². The summed E-state index contributed by atoms with van der Waals surface area (Å²) < 4.78 is 14.1. The van der Waals surface area contributed by atoms with Crippen LogP contribution in [0.25, 0.3) is 11.8 Å². The van der Waals surface area contributed by atoms with Crippen molar-refractivity contribution in [3.63, 3.8) is 0 Å². The predicted molar refractivity (Wildman–Crippen MR) is 168 cm³/mol. The van der Waals surface area contributed by atoms with Crippen molar-refractivity contribution in [1.82, 2.24) is 4.57 Å². The van der Waals surface area contributed by atoms with Gasteiger partial charge < -0.3 is 9.47 Å². The summed E-state index contributed by atoms with van der Waals surface area (Å²) >= 11 is 7.76. The third-order valence-corrected chi connectivity index (χ3v) is 9.20. The van der Waals surface area contributed by atoms with Gasteiger partial charge in [-0.1, -0.05) is 95.7 Å². The van der Waals surface area contributed by atoms with Crippen LogP contribution in [0, 0.1) is 0 Å². The molecule has 0 saturated carbocycles. The average Bonchev–Trinajstić information content (AvgIpc) is 3.34. The molecule has 0 N–H and O–H groups in total. The highest BCUT2D eigenvalue weighted by atomic mass is 35.5. The smallest absolute Gasteiger partial charge is 0.271 e. The number of thiazole rings is 1. The SMILES string of the molecule is COc1ccc([C@H]2C3=C(N=c4s/c(=C\c5ccccc5OCc5ccccc5Cl)c(=O)n42)c2ccccc2CC3)cc1. The van der Waals surface area contributed by atoms with Gasteiger partial charge in [0.25, 0.3) is 5.56 Å². The normalized spacial score (nSPS) is 15.9. The molecule has 2 aliphatic rings. The number of allylic oxidation sites excluding steroid dienone is 1. The summed E-state index contributed by atoms with van der Waals surface area (Å²) in [5.74, 6) is 1.46. The van der Waals surface area contributed by atoms with Crippen molar-refractivity contribution in [3.05, 3.63) is 155 Å². The molecule has 1 aliphatic carbocycles. The molecule has 0 saturated heterocycles. The van der Waals surface area contributed by atoms with Crippen LogP contribution in [0.15, 0.2) is 112 Å². The number of rotatable bonds is 6. The number of aromatic nitrogens is 1. The van der Waals surface area contributed by atoms with Crippen LogP contribution in [0.4, 0.5) is 0 Å². The van der Waals surface area contributed by atoms with Crippen molar-refractivity contribution in [2.24, 2.45) is 4.99 Å². The van der Waals surface area contributed by atoms with Gasteiger partial charge in [-0.3, -0.25) is 9.36 Å². The van der Waals surface area contributed by atoms with Gasteiger partial charge in [0.2, 0.25) is 0 Å². The molecule has 0 radical (unpaired) electrons. The Morgan fingerprint density at radius 2 is 1.71 bits per heavy atom. The molecule has 0 fully saturated rings. The summed E-state index contributed by atoms with van der Waals surface area (Å²) in [6.45, 7) is 0.329. The van der Waals surface area contributed by atoms with E-state index in [1.165, 1.54) is 22.5 Å². The summed E-state index contributed by atoms with van der Waals surface area (Å²) in [6.07, 6.45) is 3.67. The first-order valence-corrected chi connectivity index (χ1v) is 15.0. The molecule has 0 amide bonds. The zero-order valence-corrected chi connectivity index (χ0v) is 24.5. The maximum Gasteiger partial charge on any atom is 0.271 e. The number of nitrogens with zero attached hydrogens (tertiary/aromatic N) is 2. The number of ether oxygens (including phenoxy) is 2. The van der Waals surface area contributed by atoms with E-state index in [9.17, 15) is 4.79 Å². The topological polar surface area (TPSA) is 52.8 Å². The molecule has 7 heteroatoms. The van der Waals surface area contributed by atoms with Gasteiger partial charge in [0, 0.05) is 21.7 Å². The lowest BCUT2D eigenvalue weighted by molar-refractivity contribution is 0.305. The number of fused-ring (bicyclic) bond motifs is 3. The lowest BCUT2D eigenvalue weighted by Gasteiger charge is -2.30. The fourth-order valence-electron chi connectivity index (χ4n) is 5.75. The van der Waals surface area contributed by atoms with Crippen LogP contribution >= 0.6 is 22.9 Å². The van der Waals surface area contributed by atoms with Crippen LogP contribution in [-0.2, 0) is 13.0 Å². The molecule has 2 heterocycles. The highest BCUT2D eigenvalue weighted by Gasteiger charge is 2.32. The van der Waals surface area contributed by atoms with E-state index in [1.54, 1.807) is 7.11 Å². The second-order valence-electron chi connectivity index (χ2n) is 10.3. The highest BCUT2D eigenvalue weighted by molar-refractivity contribution is 7.07. The molecular weight excluding hydrogens is 564 g/mol. The van der Waals surface area contributed by atoms with Gasteiger partial charge in [0.1, 0.15) is 18.1 Å². The Labute approximate surface area is 252 Å². The zero-order chi connectivity index (χ0) is 28.6. The van der Waals surface area contributed by atoms with Crippen LogP contribution in [-0.4, -0.2) is 11.7 Å². The molecule has 5 nitrogen and oxygen atoms in total. The molecule has 7 rings (SSSR count). The van der Waals surface area contributed by atoms with Crippen molar-refractivity contribution in [2.45, 2.75) is 25.5 Å². The van der Waals surface area contributed by atoms with Crippen LogP contribution in [0.1, 0.15) is 40.3 Å². The molecule has 1 atom stereocenters. The summed E-state index contributed by atoms with van der Waals surface area (Å²) in [7, 11) is 1.66. The third-order valence-electron chi connectivity index (χ3n) is 7.85. The monoisotopic (exact) mass is 590 g/mol. The Bertz CT molecular complexity index is 2020. The van der Waals surface area contributed by atoms with E-state index in [0.717, 1.165) is 46.5 Å². The van der Waals surface area contributed by atoms with Crippen molar-refractivity contribution >= 4 is 34.7 Å². The molecule has 1 aromatic heterocycles. The molecule has 208 valence electrons. The molecule has 0 bridgehead atoms. The summed E-state index contributed by atoms with van der Waals surface area (Å²) in [5, 5.41) is 0.660. The fraction of sp³-hybridized carbons (Fsp3) is 0.143. The van der Waals surface area contributed by atoms with Gasteiger partial charge in [0.05, 0.1) is 23.4 Å². The van der Waals surface area contributed by atoms with Gasteiger partial charge in [-0.25, -0.2) is 4.99 Å². The first kappa shape index (κ1) is 26.5. The summed E-state index contributed by atoms with van der Waals surface area (Å²) in [4.78, 5) is 20.0. The third kappa shape index (κ3) is 4.77. The number of hydrogen-bond donors (Lipinski definition) is 0. The number of benzene rings is 4. The van der Waals surface area contributed by atoms with E-state index in [1.807, 2.05) is 71.3 Å². The van der Waals surface area contributed by atoms with Crippen LogP contribution in [0.2, 0.25) is 5.02 Å². The van der Waals surface area contributed by atoms with E-state index in [-0.39, 0.29) is 11.6 Å². The Morgan fingerprint density at radius 3 is 2.55 bits per heavy atom. The lowest BCUT2D eigenvalue weighted by Crippen LogP contribution is -2.38. The van der Waals surface area contributed by atoms with Gasteiger partial charge in [-0.15, -0.1) is 0 Å². The van der Waals surface area contributed by atoms with Crippen molar-refractivity contribution in [2.75, 3.05) is 7.11 Å². The van der Waals surface area contributed by atoms with Gasteiger partial charge in [-0.05, 0) is 59.9 Å². The highest BCUT2D eigenvalue weighted by Crippen LogP contribution is 2.41. The maximum atomic E-state index is 14.2. The minimum absolute atomic E-state index is 0.0640. The van der Waals surface area contributed by atoms with E-state index < -0.39 is 0 Å². The number of methoxy groups -OCH3 is 1. The molecule has 0 spiro atoms. The number of aryl methyl sites for hydroxylation is 1. The van der Waals surface area contributed by atoms with E-state index >= 15 is 0 Å². The number of halogens is 1. The Kier molecular flexibility index (Phi) is 7.02. The fourth-order valence-corrected chi connectivity index (χ4v) is 6.93. The second-order valence-corrected chi connectivity index (χ2v) is 11.7. The largest absolute Gasteiger partial charge is 0.497 e. The van der Waals surface area contributed by atoms with Gasteiger partial charge >= 0.3 is 0 Å². The maximum absolute atomic E-state index is 14.2. The average molecular weight is 591 g/mol. The molecular formula is C35H27ClN2O3S. The summed E-state index contributed by atoms with van der Waals surface area (Å²) in [5.41, 5.74) is 7.28. The Morgan fingerprint density at radius 1 is 0.952 bits per heavy atom. The van der Waals surface area contributed by atoms with Crippen molar-refractivity contribution < 1.29 is 9.47 Å². The van der Waals surface area contributed by atoms with E-state index in [2.05, 4.69) is 36.4 Å². The molecule has 42 heavy (non-hydrogen) atoms. The molecule has 0 unspecified atom stereocenters. The van der Waals surface area contributed by atoms with Gasteiger partial charge in [-0.2, -0.15) is 0 Å². The Hall–Kier alpha value is -4.39. The molecule has 4 aromatic carbocycles. The van der Waals surface area contributed by atoms with Gasteiger partial charge in [0.15, 0.2) is 4.80 Å². The number of para-hydroxylation sites is 1. The quantitative estimate of drug-likeness (QED) is 0.225. The minimum atomic E-state index is -0.246. The van der Waals surface area contributed by atoms with Crippen LogP contribution in [0.5, 0.6) is 11.5 Å². The van der Waals surface area contributed by atoms with E-state index in [0.29, 0.717) is 26.7 Å². The first-order valence-electron chi connectivity index (χ1n) is 13.8. The molecule has 5 aromatic rings. The predicted octanol–water partition coefficient (Wildman–Crippen LogP) is 6.56. The summed E-state index contributed by atoms with van der Waals surface area (Å²) in [6, 6.07) is 31.6. The minimum Gasteiger partial charge on any atom is -0.497 e. The second kappa shape index (κ2) is 11.1. The zero-order valence-electron chi connectivity index (χ0n) is 22.9. The van der Waals surface area contributed by atoms with Crippen LogP contribution < -0.4 is 24.4 Å². The standard InChI is InChI=1S/C35H27ClN2O3S/c1-40-26-17-14-23(15-18-26)33-28-19-16-22-8-2-5-11-27(22)32(28)37-35-38(33)34(39)31(42-35)20-24-9-4-7-13-30(24)41-21-25-10-3-6-12-29(25)36/h2-15,17-18,20,33H,16,19,21H2,1H3/b31-20-/t33-/m0/s1. The van der Waals surface area contributed by atoms with Crippen LogP contribution in [0.3, 0.4) is 0 Å².